The van der Waals surface area contributed by atoms with E-state index >= 15 is 0 Å². The Morgan fingerprint density at radius 1 is 1.31 bits per heavy atom. The highest BCUT2D eigenvalue weighted by atomic mass is 79.9. The van der Waals surface area contributed by atoms with Gasteiger partial charge in [0.05, 0.1) is 17.7 Å². The fourth-order valence-electron chi connectivity index (χ4n) is 2.44. The highest BCUT2D eigenvalue weighted by molar-refractivity contribution is 9.10. The molecule has 0 atom stereocenters. The summed E-state index contributed by atoms with van der Waals surface area (Å²) >= 11 is 3.46. The smallest absolute Gasteiger partial charge is 0.247 e. The Kier molecular flexibility index (Phi) is 5.18. The number of anilines is 3. The summed E-state index contributed by atoms with van der Waals surface area (Å²) in [5.74, 6) is 0.466. The Balaban J connectivity index is 2.01. The Morgan fingerprint density at radius 2 is 2.12 bits per heavy atom. The fourth-order valence-corrected chi connectivity index (χ4v) is 2.66. The molecule has 2 N–H and O–H groups in total. The van der Waals surface area contributed by atoms with Gasteiger partial charge in [-0.15, -0.1) is 0 Å². The summed E-state index contributed by atoms with van der Waals surface area (Å²) in [4.78, 5) is 20.5. The maximum absolute atomic E-state index is 11.6. The van der Waals surface area contributed by atoms with Crippen molar-refractivity contribution in [2.75, 3.05) is 10.6 Å². The SMILES string of the molecule is C=CC(=O)Nc1ccc(Nc2ccc(Br)c(C)n2)c(-c2cn(C)cn2)c1. The molecule has 3 rings (SSSR count). The van der Waals surface area contributed by atoms with E-state index in [0.29, 0.717) is 5.69 Å². The van der Waals surface area contributed by atoms with Crippen molar-refractivity contribution in [2.24, 2.45) is 7.05 Å². The van der Waals surface area contributed by atoms with Gasteiger partial charge in [-0.2, -0.15) is 0 Å². The maximum Gasteiger partial charge on any atom is 0.247 e. The first kappa shape index (κ1) is 17.9. The lowest BCUT2D eigenvalue weighted by atomic mass is 10.1. The largest absolute Gasteiger partial charge is 0.340 e. The third-order valence-electron chi connectivity index (χ3n) is 3.74. The summed E-state index contributed by atoms with van der Waals surface area (Å²) in [6, 6.07) is 9.43. The standard InChI is InChI=1S/C19H18BrN5O/c1-4-19(26)23-13-5-7-16(14(9-13)17-10-25(3)11-21-17)24-18-8-6-15(20)12(2)22-18/h4-11H,1H2,2-3H3,(H,22,24)(H,23,26). The molecular weight excluding hydrogens is 394 g/mol. The molecule has 2 heterocycles. The summed E-state index contributed by atoms with van der Waals surface area (Å²) in [6.45, 7) is 5.41. The summed E-state index contributed by atoms with van der Waals surface area (Å²) in [7, 11) is 1.91. The van der Waals surface area contributed by atoms with Crippen LogP contribution in [0.25, 0.3) is 11.3 Å². The van der Waals surface area contributed by atoms with E-state index < -0.39 is 0 Å². The van der Waals surface area contributed by atoms with Crippen molar-refractivity contribution in [1.82, 2.24) is 14.5 Å². The van der Waals surface area contributed by atoms with Crippen LogP contribution in [0.1, 0.15) is 5.69 Å². The van der Waals surface area contributed by atoms with E-state index in [1.54, 1.807) is 6.33 Å². The van der Waals surface area contributed by atoms with Gasteiger partial charge in [0.2, 0.25) is 5.91 Å². The van der Waals surface area contributed by atoms with Crippen LogP contribution in [-0.2, 0) is 11.8 Å². The molecule has 0 saturated carbocycles. The van der Waals surface area contributed by atoms with Crippen LogP contribution in [-0.4, -0.2) is 20.4 Å². The van der Waals surface area contributed by atoms with Crippen LogP contribution in [0.4, 0.5) is 17.2 Å². The van der Waals surface area contributed by atoms with Crippen LogP contribution < -0.4 is 10.6 Å². The van der Waals surface area contributed by atoms with Crippen molar-refractivity contribution in [2.45, 2.75) is 6.92 Å². The molecule has 7 heteroatoms. The number of hydrogen-bond acceptors (Lipinski definition) is 4. The van der Waals surface area contributed by atoms with Gasteiger partial charge in [-0.25, -0.2) is 9.97 Å². The first-order valence-corrected chi connectivity index (χ1v) is 8.71. The quantitative estimate of drug-likeness (QED) is 0.609. The van der Waals surface area contributed by atoms with Gasteiger partial charge in [-0.05, 0) is 59.3 Å². The molecule has 0 fully saturated rings. The minimum Gasteiger partial charge on any atom is -0.340 e. The monoisotopic (exact) mass is 411 g/mol. The lowest BCUT2D eigenvalue weighted by Crippen LogP contribution is -2.07. The molecule has 2 aromatic heterocycles. The highest BCUT2D eigenvalue weighted by Gasteiger charge is 2.11. The number of carbonyl (C=O) groups is 1. The molecule has 0 aliphatic rings. The Labute approximate surface area is 160 Å². The predicted octanol–water partition coefficient (Wildman–Crippen LogP) is 4.42. The number of rotatable bonds is 5. The van der Waals surface area contributed by atoms with Crippen molar-refractivity contribution in [3.63, 3.8) is 0 Å². The third-order valence-corrected chi connectivity index (χ3v) is 4.58. The number of pyridine rings is 1. The number of imidazole rings is 1. The number of aryl methyl sites for hydroxylation is 2. The van der Waals surface area contributed by atoms with Crippen molar-refractivity contribution >= 4 is 39.0 Å². The number of benzene rings is 1. The van der Waals surface area contributed by atoms with Gasteiger partial charge in [-0.1, -0.05) is 6.58 Å². The van der Waals surface area contributed by atoms with Gasteiger partial charge in [0, 0.05) is 34.7 Å². The lowest BCUT2D eigenvalue weighted by Gasteiger charge is -2.13. The molecule has 132 valence electrons. The number of nitrogens with zero attached hydrogens (tertiary/aromatic N) is 3. The van der Waals surface area contributed by atoms with Crippen LogP contribution in [0.5, 0.6) is 0 Å². The van der Waals surface area contributed by atoms with E-state index in [0.717, 1.165) is 32.9 Å². The van der Waals surface area contributed by atoms with Crippen molar-refractivity contribution < 1.29 is 4.79 Å². The van der Waals surface area contributed by atoms with Crippen molar-refractivity contribution in [3.05, 3.63) is 65.7 Å². The second kappa shape index (κ2) is 7.53. The number of carbonyl (C=O) groups excluding carboxylic acids is 1. The molecule has 0 aliphatic heterocycles. The van der Waals surface area contributed by atoms with Gasteiger partial charge in [-0.3, -0.25) is 4.79 Å². The summed E-state index contributed by atoms with van der Waals surface area (Å²) < 4.78 is 2.83. The normalized spacial score (nSPS) is 10.4. The number of aromatic nitrogens is 3. The molecule has 0 spiro atoms. The first-order chi connectivity index (χ1) is 12.5. The molecule has 0 radical (unpaired) electrons. The molecule has 6 nitrogen and oxygen atoms in total. The van der Waals surface area contributed by atoms with E-state index in [4.69, 9.17) is 0 Å². The summed E-state index contributed by atoms with van der Waals surface area (Å²) in [6.07, 6.45) is 4.89. The van der Waals surface area contributed by atoms with E-state index in [2.05, 4.69) is 43.1 Å². The molecule has 3 aromatic rings. The van der Waals surface area contributed by atoms with E-state index in [9.17, 15) is 4.79 Å². The highest BCUT2D eigenvalue weighted by Crippen LogP contribution is 2.32. The molecule has 0 bridgehead atoms. The minimum absolute atomic E-state index is 0.261. The molecule has 1 amide bonds. The van der Waals surface area contributed by atoms with Crippen molar-refractivity contribution in [3.8, 4) is 11.3 Å². The predicted molar refractivity (Wildman–Crippen MR) is 107 cm³/mol. The molecule has 1 aromatic carbocycles. The Bertz CT molecular complexity index is 980. The fraction of sp³-hybridized carbons (Fsp3) is 0.105. The second-order valence-electron chi connectivity index (χ2n) is 5.77. The zero-order valence-electron chi connectivity index (χ0n) is 14.5. The average Bonchev–Trinajstić information content (AvgIpc) is 3.05. The summed E-state index contributed by atoms with van der Waals surface area (Å²) in [5.41, 5.74) is 4.05. The van der Waals surface area contributed by atoms with E-state index in [-0.39, 0.29) is 5.91 Å². The lowest BCUT2D eigenvalue weighted by molar-refractivity contribution is -0.111. The van der Waals surface area contributed by atoms with Gasteiger partial charge >= 0.3 is 0 Å². The Hall–Kier alpha value is -2.93. The van der Waals surface area contributed by atoms with Crippen LogP contribution in [0.2, 0.25) is 0 Å². The Morgan fingerprint density at radius 3 is 2.77 bits per heavy atom. The van der Waals surface area contributed by atoms with Crippen LogP contribution in [0.15, 0.2) is 60.0 Å². The molecule has 0 saturated heterocycles. The van der Waals surface area contributed by atoms with Crippen LogP contribution in [0, 0.1) is 6.92 Å². The number of halogens is 1. The zero-order chi connectivity index (χ0) is 18.7. The van der Waals surface area contributed by atoms with Crippen LogP contribution >= 0.6 is 15.9 Å². The number of amides is 1. The summed E-state index contributed by atoms with van der Waals surface area (Å²) in [5, 5.41) is 6.10. The van der Waals surface area contributed by atoms with Crippen LogP contribution in [0.3, 0.4) is 0 Å². The molecular formula is C19H18BrN5O. The average molecular weight is 412 g/mol. The number of hydrogen-bond donors (Lipinski definition) is 2. The molecule has 26 heavy (non-hydrogen) atoms. The van der Waals surface area contributed by atoms with Gasteiger partial charge < -0.3 is 15.2 Å². The van der Waals surface area contributed by atoms with Gasteiger partial charge in [0.25, 0.3) is 0 Å². The van der Waals surface area contributed by atoms with Crippen molar-refractivity contribution in [1.29, 1.82) is 0 Å². The maximum atomic E-state index is 11.6. The first-order valence-electron chi connectivity index (χ1n) is 7.92. The van der Waals surface area contributed by atoms with E-state index in [1.165, 1.54) is 6.08 Å². The van der Waals surface area contributed by atoms with E-state index in [1.807, 2.05) is 55.1 Å². The minimum atomic E-state index is -0.261. The van der Waals surface area contributed by atoms with Gasteiger partial charge in [0.1, 0.15) is 5.82 Å². The third kappa shape index (κ3) is 4.00. The molecule has 0 aliphatic carbocycles. The number of nitrogens with one attached hydrogen (secondary N) is 2. The zero-order valence-corrected chi connectivity index (χ0v) is 16.0. The second-order valence-corrected chi connectivity index (χ2v) is 6.62. The molecule has 0 unspecified atom stereocenters. The van der Waals surface area contributed by atoms with Gasteiger partial charge in [0.15, 0.2) is 0 Å². The topological polar surface area (TPSA) is 71.8 Å².